The second kappa shape index (κ2) is 8.17. The van der Waals surface area contributed by atoms with E-state index in [4.69, 9.17) is 26.1 Å². The molecule has 5 nitrogen and oxygen atoms in total. The van der Waals surface area contributed by atoms with E-state index in [0.717, 1.165) is 52.5 Å². The van der Waals surface area contributed by atoms with Gasteiger partial charge in [0, 0.05) is 29.9 Å². The molecule has 0 spiro atoms. The smallest absolute Gasteiger partial charge is 0.226 e. The van der Waals surface area contributed by atoms with Gasteiger partial charge in [0.2, 0.25) is 5.88 Å². The van der Waals surface area contributed by atoms with Crippen LogP contribution in [0.15, 0.2) is 53.1 Å². The van der Waals surface area contributed by atoms with Crippen LogP contribution in [0.2, 0.25) is 5.15 Å². The lowest BCUT2D eigenvalue weighted by Gasteiger charge is -2.33. The molecule has 0 N–H and O–H groups in total. The monoisotopic (exact) mass is 485 g/mol. The average molecular weight is 487 g/mol. The van der Waals surface area contributed by atoms with Gasteiger partial charge >= 0.3 is 0 Å². The van der Waals surface area contributed by atoms with Gasteiger partial charge in [-0.3, -0.25) is 4.98 Å². The topological polar surface area (TPSA) is 49.2 Å². The minimum absolute atomic E-state index is 0.120. The van der Waals surface area contributed by atoms with E-state index in [0.29, 0.717) is 17.0 Å². The highest BCUT2D eigenvalue weighted by molar-refractivity contribution is 9.10. The van der Waals surface area contributed by atoms with Crippen LogP contribution in [0.3, 0.4) is 0 Å². The molecule has 1 fully saturated rings. The standard InChI is InChI=1S/C23H21BrClN3O2/c1-29-23-20-17(12-19(25)27-23)28(18-11-16(24)13-26-21(18)20)22(14-5-3-2-4-6-14)15-7-9-30-10-8-15/h2-6,11-13,15,22H,7-10H2,1H3/t22-/m1/s1. The van der Waals surface area contributed by atoms with Crippen molar-refractivity contribution in [3.8, 4) is 5.88 Å². The van der Waals surface area contributed by atoms with Crippen molar-refractivity contribution in [1.82, 2.24) is 14.5 Å². The summed E-state index contributed by atoms with van der Waals surface area (Å²) in [5, 5.41) is 1.29. The number of benzene rings is 1. The number of hydrogen-bond donors (Lipinski definition) is 0. The first-order valence-electron chi connectivity index (χ1n) is 9.99. The third-order valence-corrected chi connectivity index (χ3v) is 6.48. The van der Waals surface area contributed by atoms with Crippen LogP contribution in [-0.2, 0) is 4.74 Å². The van der Waals surface area contributed by atoms with Gasteiger partial charge in [-0.05, 0) is 46.3 Å². The Balaban J connectivity index is 1.88. The van der Waals surface area contributed by atoms with Crippen LogP contribution in [-0.4, -0.2) is 34.9 Å². The van der Waals surface area contributed by atoms with Crippen molar-refractivity contribution in [2.75, 3.05) is 20.3 Å². The Labute approximate surface area is 188 Å². The van der Waals surface area contributed by atoms with Crippen LogP contribution in [0.4, 0.5) is 0 Å². The summed E-state index contributed by atoms with van der Waals surface area (Å²) >= 11 is 10.0. The van der Waals surface area contributed by atoms with E-state index >= 15 is 0 Å². The Morgan fingerprint density at radius 2 is 1.93 bits per heavy atom. The molecule has 0 bridgehead atoms. The number of methoxy groups -OCH3 is 1. The fourth-order valence-corrected chi connectivity index (χ4v) is 5.09. The summed E-state index contributed by atoms with van der Waals surface area (Å²) in [4.78, 5) is 9.14. The third-order valence-electron chi connectivity index (χ3n) is 5.85. The molecule has 30 heavy (non-hydrogen) atoms. The number of aromatic nitrogens is 3. The van der Waals surface area contributed by atoms with Crippen molar-refractivity contribution < 1.29 is 9.47 Å². The van der Waals surface area contributed by atoms with E-state index in [1.165, 1.54) is 5.56 Å². The molecule has 4 aromatic rings. The molecule has 154 valence electrons. The van der Waals surface area contributed by atoms with Crippen LogP contribution in [0.5, 0.6) is 5.88 Å². The molecule has 4 heterocycles. The first kappa shape index (κ1) is 19.8. The van der Waals surface area contributed by atoms with Gasteiger partial charge in [-0.2, -0.15) is 0 Å². The molecular weight excluding hydrogens is 466 g/mol. The van der Waals surface area contributed by atoms with Gasteiger partial charge in [0.1, 0.15) is 10.7 Å². The fourth-order valence-electron chi connectivity index (χ4n) is 4.59. The lowest BCUT2D eigenvalue weighted by molar-refractivity contribution is 0.0553. The second-order valence-corrected chi connectivity index (χ2v) is 8.85. The van der Waals surface area contributed by atoms with Crippen molar-refractivity contribution in [3.63, 3.8) is 0 Å². The molecule has 0 radical (unpaired) electrons. The van der Waals surface area contributed by atoms with Crippen molar-refractivity contribution in [2.45, 2.75) is 18.9 Å². The molecule has 3 aromatic heterocycles. The van der Waals surface area contributed by atoms with Gasteiger partial charge in [-0.15, -0.1) is 0 Å². The predicted molar refractivity (Wildman–Crippen MR) is 122 cm³/mol. The normalized spacial score (nSPS) is 16.2. The molecule has 1 saturated heterocycles. The minimum atomic E-state index is 0.120. The lowest BCUT2D eigenvalue weighted by Crippen LogP contribution is -2.26. The predicted octanol–water partition coefficient (Wildman–Crippen LogP) is 6.03. The Morgan fingerprint density at radius 1 is 1.17 bits per heavy atom. The van der Waals surface area contributed by atoms with E-state index in [1.807, 2.05) is 12.3 Å². The molecule has 5 rings (SSSR count). The Hall–Kier alpha value is -2.15. The van der Waals surface area contributed by atoms with Crippen LogP contribution in [0, 0.1) is 5.92 Å². The zero-order valence-electron chi connectivity index (χ0n) is 16.5. The lowest BCUT2D eigenvalue weighted by atomic mass is 9.86. The zero-order chi connectivity index (χ0) is 20.7. The van der Waals surface area contributed by atoms with E-state index in [9.17, 15) is 0 Å². The number of rotatable bonds is 4. The van der Waals surface area contributed by atoms with Gasteiger partial charge in [-0.25, -0.2) is 4.98 Å². The summed E-state index contributed by atoms with van der Waals surface area (Å²) < 4.78 is 14.6. The van der Waals surface area contributed by atoms with Crippen LogP contribution < -0.4 is 4.74 Å². The summed E-state index contributed by atoms with van der Waals surface area (Å²) in [5.74, 6) is 0.923. The van der Waals surface area contributed by atoms with Gasteiger partial charge in [-0.1, -0.05) is 41.9 Å². The van der Waals surface area contributed by atoms with E-state index in [2.05, 4.69) is 61.9 Å². The van der Waals surface area contributed by atoms with Gasteiger partial charge in [0.05, 0.1) is 29.6 Å². The number of nitrogens with zero attached hydrogens (tertiary/aromatic N) is 3. The first-order valence-corrected chi connectivity index (χ1v) is 11.2. The summed E-state index contributed by atoms with van der Waals surface area (Å²) in [5.41, 5.74) is 4.13. The molecule has 0 unspecified atom stereocenters. The summed E-state index contributed by atoms with van der Waals surface area (Å²) in [6.45, 7) is 1.55. The Bertz CT molecular complexity index is 1210. The number of hydrogen-bond acceptors (Lipinski definition) is 4. The first-order chi connectivity index (χ1) is 14.7. The van der Waals surface area contributed by atoms with E-state index in [-0.39, 0.29) is 6.04 Å². The average Bonchev–Trinajstić information content (AvgIpc) is 3.08. The van der Waals surface area contributed by atoms with Crippen LogP contribution >= 0.6 is 27.5 Å². The van der Waals surface area contributed by atoms with E-state index in [1.54, 1.807) is 7.11 Å². The molecule has 7 heteroatoms. The van der Waals surface area contributed by atoms with Gasteiger partial charge < -0.3 is 14.0 Å². The minimum Gasteiger partial charge on any atom is -0.480 e. The SMILES string of the molecule is COc1nc(Cl)cc2c1c1ncc(Br)cc1n2[C@H](c1ccccc1)C1CCOCC1. The fraction of sp³-hybridized carbons (Fsp3) is 0.304. The maximum absolute atomic E-state index is 6.42. The highest BCUT2D eigenvalue weighted by atomic mass is 79.9. The zero-order valence-corrected chi connectivity index (χ0v) is 18.9. The number of ether oxygens (including phenoxy) is 2. The molecule has 0 amide bonds. The van der Waals surface area contributed by atoms with Crippen molar-refractivity contribution in [3.05, 3.63) is 63.9 Å². The Morgan fingerprint density at radius 3 is 2.67 bits per heavy atom. The Kier molecular flexibility index (Phi) is 5.39. The highest BCUT2D eigenvalue weighted by Crippen LogP contribution is 2.43. The number of fused-ring (bicyclic) bond motifs is 3. The third kappa shape index (κ3) is 3.37. The molecular formula is C23H21BrClN3O2. The molecule has 1 aliphatic rings. The van der Waals surface area contributed by atoms with Gasteiger partial charge in [0.25, 0.3) is 0 Å². The maximum Gasteiger partial charge on any atom is 0.226 e. The van der Waals surface area contributed by atoms with E-state index < -0.39 is 0 Å². The van der Waals surface area contributed by atoms with Crippen LogP contribution in [0.1, 0.15) is 24.4 Å². The van der Waals surface area contributed by atoms with Gasteiger partial charge in [0.15, 0.2) is 0 Å². The number of pyridine rings is 2. The molecule has 1 aliphatic heterocycles. The maximum atomic E-state index is 6.42. The molecule has 0 saturated carbocycles. The van der Waals surface area contributed by atoms with Crippen molar-refractivity contribution in [2.24, 2.45) is 5.92 Å². The second-order valence-electron chi connectivity index (χ2n) is 7.54. The largest absolute Gasteiger partial charge is 0.480 e. The van der Waals surface area contributed by atoms with Crippen molar-refractivity contribution >= 4 is 49.5 Å². The summed E-state index contributed by atoms with van der Waals surface area (Å²) in [6, 6.07) is 14.8. The number of halogens is 2. The van der Waals surface area contributed by atoms with Crippen LogP contribution in [0.25, 0.3) is 21.9 Å². The molecule has 1 aromatic carbocycles. The quantitative estimate of drug-likeness (QED) is 0.331. The molecule has 1 atom stereocenters. The highest BCUT2D eigenvalue weighted by Gasteiger charge is 2.31. The summed E-state index contributed by atoms with van der Waals surface area (Å²) in [6.07, 6.45) is 3.81. The molecule has 0 aliphatic carbocycles. The summed E-state index contributed by atoms with van der Waals surface area (Å²) in [7, 11) is 1.62. The van der Waals surface area contributed by atoms with Crippen molar-refractivity contribution in [1.29, 1.82) is 0 Å².